The number of hydrazine groups is 1. The smallest absolute Gasteiger partial charge is 0.122 e. The molecule has 0 unspecified atom stereocenters. The zero-order valence-corrected chi connectivity index (χ0v) is 32.8. The van der Waals surface area contributed by atoms with Crippen molar-refractivity contribution in [3.63, 3.8) is 0 Å². The van der Waals surface area contributed by atoms with Gasteiger partial charge in [-0.05, 0) is 52.7 Å². The lowest BCUT2D eigenvalue weighted by molar-refractivity contribution is 0.225. The van der Waals surface area contributed by atoms with Gasteiger partial charge in [0.25, 0.3) is 0 Å². The monoisotopic (exact) mass is 673 g/mol. The van der Waals surface area contributed by atoms with Crippen LogP contribution < -0.4 is 10.2 Å². The van der Waals surface area contributed by atoms with Gasteiger partial charge < -0.3 is 9.47 Å². The molecule has 0 fully saturated rings. The minimum absolute atomic E-state index is 0.486. The molecular weight excluding hydrogens is 608 g/mol. The van der Waals surface area contributed by atoms with Crippen molar-refractivity contribution in [3.05, 3.63) is 108 Å². The number of aromatic nitrogens is 4. The molecule has 4 aromatic rings. The number of ether oxygens (including phenoxy) is 2. The van der Waals surface area contributed by atoms with Gasteiger partial charge >= 0.3 is 0 Å². The van der Waals surface area contributed by atoms with Gasteiger partial charge in [-0.3, -0.25) is 5.01 Å². The van der Waals surface area contributed by atoms with Gasteiger partial charge in [0.15, 0.2) is 0 Å². The fraction of sp³-hybridized carbons (Fsp3) is 0.463. The SMILES string of the molecule is C=Cc1ccc2c(C(C)C)cnn2c1.CC.CC.CC.COCC1=CN2NCC(C(C)C)=C2C=C1.COc1ccn2ncc(C(C)C)c2c1. The third-order valence-electron chi connectivity index (χ3n) is 7.59. The fourth-order valence-electron chi connectivity index (χ4n) is 5.09. The molecule has 2 aliphatic rings. The van der Waals surface area contributed by atoms with Gasteiger partial charge in [0.2, 0.25) is 0 Å². The first-order valence-corrected chi connectivity index (χ1v) is 17.9. The van der Waals surface area contributed by atoms with Gasteiger partial charge in [-0.1, -0.05) is 108 Å². The first-order valence-electron chi connectivity index (χ1n) is 17.9. The number of fused-ring (bicyclic) bond motifs is 3. The van der Waals surface area contributed by atoms with Crippen molar-refractivity contribution in [2.45, 2.75) is 94.9 Å². The van der Waals surface area contributed by atoms with Crippen LogP contribution in [0.4, 0.5) is 0 Å². The molecule has 0 bridgehead atoms. The predicted molar refractivity (Wildman–Crippen MR) is 210 cm³/mol. The Kier molecular flexibility index (Phi) is 19.7. The molecule has 0 saturated carbocycles. The molecule has 0 aliphatic carbocycles. The molecule has 0 atom stereocenters. The second-order valence-electron chi connectivity index (χ2n) is 11.6. The van der Waals surface area contributed by atoms with Crippen LogP contribution in [0.1, 0.15) is 112 Å². The highest BCUT2D eigenvalue weighted by molar-refractivity contribution is 5.59. The summed E-state index contributed by atoms with van der Waals surface area (Å²) in [6, 6.07) is 8.08. The first kappa shape index (κ1) is 42.9. The van der Waals surface area contributed by atoms with Crippen molar-refractivity contribution >= 4 is 17.1 Å². The van der Waals surface area contributed by atoms with Crippen molar-refractivity contribution in [1.82, 2.24) is 29.7 Å². The second kappa shape index (κ2) is 22.5. The van der Waals surface area contributed by atoms with E-state index in [4.69, 9.17) is 9.47 Å². The van der Waals surface area contributed by atoms with Crippen LogP contribution in [0.3, 0.4) is 0 Å². The van der Waals surface area contributed by atoms with Gasteiger partial charge in [0.1, 0.15) is 5.75 Å². The average Bonchev–Trinajstić information content (AvgIpc) is 3.88. The van der Waals surface area contributed by atoms with Crippen LogP contribution in [0.25, 0.3) is 17.1 Å². The van der Waals surface area contributed by atoms with Gasteiger partial charge in [-0.25, -0.2) is 14.5 Å². The molecule has 0 saturated heterocycles. The van der Waals surface area contributed by atoms with Crippen molar-refractivity contribution in [3.8, 4) is 5.75 Å². The molecule has 6 heterocycles. The molecule has 8 nitrogen and oxygen atoms in total. The van der Waals surface area contributed by atoms with Gasteiger partial charge in [-0.2, -0.15) is 10.2 Å². The summed E-state index contributed by atoms with van der Waals surface area (Å²) >= 11 is 0. The summed E-state index contributed by atoms with van der Waals surface area (Å²) in [5, 5.41) is 10.7. The molecule has 270 valence electrons. The highest BCUT2D eigenvalue weighted by Crippen LogP contribution is 2.27. The quantitative estimate of drug-likeness (QED) is 0.211. The summed E-state index contributed by atoms with van der Waals surface area (Å²) in [5.41, 5.74) is 13.3. The van der Waals surface area contributed by atoms with E-state index in [2.05, 4.69) is 99.2 Å². The van der Waals surface area contributed by atoms with Crippen LogP contribution >= 0.6 is 0 Å². The summed E-state index contributed by atoms with van der Waals surface area (Å²) in [6.45, 7) is 30.5. The summed E-state index contributed by atoms with van der Waals surface area (Å²) in [5.74, 6) is 2.47. The normalized spacial score (nSPS) is 12.8. The molecule has 6 rings (SSSR count). The van der Waals surface area contributed by atoms with E-state index in [9.17, 15) is 0 Å². The number of allylic oxidation sites excluding steroid dienone is 1. The summed E-state index contributed by atoms with van der Waals surface area (Å²) in [4.78, 5) is 0. The molecule has 0 radical (unpaired) electrons. The second-order valence-corrected chi connectivity index (χ2v) is 11.6. The van der Waals surface area contributed by atoms with E-state index in [1.54, 1.807) is 14.2 Å². The minimum atomic E-state index is 0.486. The molecule has 8 heteroatoms. The maximum Gasteiger partial charge on any atom is 0.122 e. The van der Waals surface area contributed by atoms with E-state index in [-0.39, 0.29) is 0 Å². The molecule has 0 amide bonds. The Morgan fingerprint density at radius 3 is 1.98 bits per heavy atom. The molecule has 1 N–H and O–H groups in total. The number of rotatable bonds is 7. The molecule has 2 aliphatic heterocycles. The van der Waals surface area contributed by atoms with E-state index in [1.165, 1.54) is 33.5 Å². The molecule has 0 aromatic carbocycles. The van der Waals surface area contributed by atoms with E-state index in [1.807, 2.05) is 93.6 Å². The lowest BCUT2D eigenvalue weighted by atomic mass is 10.0. The molecular formula is C41H64N6O2. The van der Waals surface area contributed by atoms with Crippen LogP contribution in [0.15, 0.2) is 90.8 Å². The van der Waals surface area contributed by atoms with E-state index >= 15 is 0 Å². The standard InChI is InChI=1S/C12H18N2O.C12H14N2.C11H14N2O.3C2H6/c1-9(2)11-6-13-14-7-10(8-15-3)4-5-12(11)14;1-4-10-5-6-12-11(9(2)3)7-13-14(12)8-10;1-8(2)10-7-12-13-5-4-9(14-3)6-11(10)13;3*1-2/h4-5,7,9,13H,6,8H2,1-3H3;4-9H,1H2,2-3H3;4-8H,1-3H3;3*1-2H3. The zero-order chi connectivity index (χ0) is 37.1. The molecule has 4 aromatic heterocycles. The highest BCUT2D eigenvalue weighted by Gasteiger charge is 2.23. The van der Waals surface area contributed by atoms with Crippen molar-refractivity contribution in [2.24, 2.45) is 5.92 Å². The number of hydrogen-bond donors (Lipinski definition) is 1. The number of nitrogens with zero attached hydrogens (tertiary/aromatic N) is 5. The Hall–Kier alpha value is -4.14. The lowest BCUT2D eigenvalue weighted by Gasteiger charge is -2.21. The zero-order valence-electron chi connectivity index (χ0n) is 32.8. The Labute approximate surface area is 297 Å². The lowest BCUT2D eigenvalue weighted by Crippen LogP contribution is -2.28. The average molecular weight is 673 g/mol. The largest absolute Gasteiger partial charge is 0.497 e. The molecule has 0 spiro atoms. The Morgan fingerprint density at radius 1 is 0.816 bits per heavy atom. The summed E-state index contributed by atoms with van der Waals surface area (Å²) < 4.78 is 14.1. The van der Waals surface area contributed by atoms with Crippen LogP contribution in [-0.2, 0) is 4.74 Å². The van der Waals surface area contributed by atoms with Crippen molar-refractivity contribution in [1.29, 1.82) is 0 Å². The number of methoxy groups -OCH3 is 2. The van der Waals surface area contributed by atoms with Crippen LogP contribution in [-0.4, -0.2) is 51.6 Å². The van der Waals surface area contributed by atoms with Crippen molar-refractivity contribution < 1.29 is 9.47 Å². The maximum atomic E-state index is 5.19. The summed E-state index contributed by atoms with van der Waals surface area (Å²) in [6.07, 6.45) is 16.0. The Balaban J connectivity index is 0.000000341. The van der Waals surface area contributed by atoms with E-state index < -0.39 is 0 Å². The van der Waals surface area contributed by atoms with Crippen LogP contribution in [0.2, 0.25) is 0 Å². The Morgan fingerprint density at radius 2 is 1.43 bits per heavy atom. The first-order chi connectivity index (χ1) is 23.7. The van der Waals surface area contributed by atoms with Crippen molar-refractivity contribution in [2.75, 3.05) is 27.4 Å². The van der Waals surface area contributed by atoms with Gasteiger partial charge in [0.05, 0.1) is 42.8 Å². The predicted octanol–water partition coefficient (Wildman–Crippen LogP) is 10.5. The van der Waals surface area contributed by atoms with Crippen LogP contribution in [0.5, 0.6) is 5.75 Å². The van der Waals surface area contributed by atoms with Crippen LogP contribution in [0, 0.1) is 5.92 Å². The molecule has 49 heavy (non-hydrogen) atoms. The van der Waals surface area contributed by atoms with E-state index in [0.29, 0.717) is 24.4 Å². The third-order valence-corrected chi connectivity index (χ3v) is 7.59. The topological polar surface area (TPSA) is 68.3 Å². The Bertz CT molecular complexity index is 1640. The maximum absolute atomic E-state index is 5.19. The number of nitrogens with one attached hydrogen (secondary N) is 1. The fourth-order valence-corrected chi connectivity index (χ4v) is 5.09. The van der Waals surface area contributed by atoms with Gasteiger partial charge in [0, 0.05) is 49.4 Å². The third kappa shape index (κ3) is 11.8. The highest BCUT2D eigenvalue weighted by atomic mass is 16.5. The summed E-state index contributed by atoms with van der Waals surface area (Å²) in [7, 11) is 3.40. The number of hydrogen-bond acceptors (Lipinski definition) is 6. The minimum Gasteiger partial charge on any atom is -0.497 e. The van der Waals surface area contributed by atoms with E-state index in [0.717, 1.165) is 23.4 Å². The van der Waals surface area contributed by atoms with Gasteiger partial charge in [-0.15, -0.1) is 0 Å². The number of pyridine rings is 2.